The van der Waals surface area contributed by atoms with E-state index in [1.807, 2.05) is 6.07 Å². The largest absolute Gasteiger partial charge is 0.345 e. The molecule has 6 heteroatoms. The van der Waals surface area contributed by atoms with E-state index in [0.29, 0.717) is 11.6 Å². The van der Waals surface area contributed by atoms with Crippen molar-refractivity contribution in [1.82, 2.24) is 5.32 Å². The molecule has 0 saturated heterocycles. The summed E-state index contributed by atoms with van der Waals surface area (Å²) >= 11 is 0. The van der Waals surface area contributed by atoms with Crippen molar-refractivity contribution in [3.8, 4) is 0 Å². The lowest BCUT2D eigenvalue weighted by atomic mass is 10.0. The van der Waals surface area contributed by atoms with Crippen molar-refractivity contribution >= 4 is 17.5 Å². The number of nitrogens with one attached hydrogen (secondary N) is 2. The Morgan fingerprint density at radius 2 is 1.50 bits per heavy atom. The average Bonchev–Trinajstić information content (AvgIpc) is 2.71. The van der Waals surface area contributed by atoms with Crippen LogP contribution in [0, 0.1) is 11.6 Å². The summed E-state index contributed by atoms with van der Waals surface area (Å²) in [5, 5.41) is 5.26. The molecule has 1 atom stereocenters. The molecule has 2 N–H and O–H groups in total. The summed E-state index contributed by atoms with van der Waals surface area (Å²) in [6.07, 6.45) is -0.112. The van der Waals surface area contributed by atoms with Crippen LogP contribution in [-0.4, -0.2) is 11.8 Å². The molecule has 3 aromatic carbocycles. The van der Waals surface area contributed by atoms with Crippen LogP contribution in [0.4, 0.5) is 14.5 Å². The molecule has 0 aliphatic rings. The van der Waals surface area contributed by atoms with Crippen molar-refractivity contribution in [2.45, 2.75) is 12.5 Å². The molecule has 0 spiro atoms. The summed E-state index contributed by atoms with van der Waals surface area (Å²) in [5.41, 5.74) is 1.09. The Kier molecular flexibility index (Phi) is 6.11. The highest BCUT2D eigenvalue weighted by Crippen LogP contribution is 2.20. The van der Waals surface area contributed by atoms with Gasteiger partial charge in [0.05, 0.1) is 18.2 Å². The van der Waals surface area contributed by atoms with Gasteiger partial charge in [0.1, 0.15) is 11.6 Å². The molecule has 0 saturated carbocycles. The van der Waals surface area contributed by atoms with Crippen LogP contribution < -0.4 is 10.6 Å². The third kappa shape index (κ3) is 5.01. The Morgan fingerprint density at radius 1 is 0.857 bits per heavy atom. The van der Waals surface area contributed by atoms with E-state index < -0.39 is 23.6 Å². The van der Waals surface area contributed by atoms with E-state index in [1.54, 1.807) is 54.6 Å². The van der Waals surface area contributed by atoms with Gasteiger partial charge in [-0.3, -0.25) is 9.59 Å². The molecular weight excluding hydrogens is 362 g/mol. The third-order valence-electron chi connectivity index (χ3n) is 4.14. The number of anilines is 1. The molecule has 142 valence electrons. The van der Waals surface area contributed by atoms with Gasteiger partial charge >= 0.3 is 0 Å². The molecule has 0 aliphatic carbocycles. The quantitative estimate of drug-likeness (QED) is 0.663. The first-order valence-corrected chi connectivity index (χ1v) is 8.68. The molecule has 3 aromatic rings. The standard InChI is InChI=1S/C22H18F2N2O2/c23-17-11-12-19(18(24)13-17)25-21(27)14-20(15-7-3-1-4-8-15)26-22(28)16-9-5-2-6-10-16/h1-13,20H,14H2,(H,25,27)(H,26,28)/t20-/m0/s1. The zero-order chi connectivity index (χ0) is 19.9. The lowest BCUT2D eigenvalue weighted by Crippen LogP contribution is -2.31. The van der Waals surface area contributed by atoms with Crippen LogP contribution in [0.25, 0.3) is 0 Å². The van der Waals surface area contributed by atoms with E-state index in [2.05, 4.69) is 10.6 Å². The number of amides is 2. The minimum absolute atomic E-state index is 0.112. The maximum absolute atomic E-state index is 13.8. The SMILES string of the molecule is O=C(C[C@H](NC(=O)c1ccccc1)c1ccccc1)Nc1ccc(F)cc1F. The van der Waals surface area contributed by atoms with Gasteiger partial charge in [0.15, 0.2) is 0 Å². The van der Waals surface area contributed by atoms with Crippen LogP contribution in [0.1, 0.15) is 28.4 Å². The Balaban J connectivity index is 1.75. The van der Waals surface area contributed by atoms with Crippen LogP contribution in [0.5, 0.6) is 0 Å². The van der Waals surface area contributed by atoms with Crippen molar-refractivity contribution in [1.29, 1.82) is 0 Å². The normalized spacial score (nSPS) is 11.5. The number of benzene rings is 3. The van der Waals surface area contributed by atoms with E-state index in [1.165, 1.54) is 0 Å². The second kappa shape index (κ2) is 8.90. The number of hydrogen-bond donors (Lipinski definition) is 2. The Morgan fingerprint density at radius 3 is 2.14 bits per heavy atom. The maximum atomic E-state index is 13.8. The van der Waals surface area contributed by atoms with Gasteiger partial charge in [0.2, 0.25) is 5.91 Å². The summed E-state index contributed by atoms with van der Waals surface area (Å²) in [5.74, 6) is -2.42. The minimum atomic E-state index is -0.863. The topological polar surface area (TPSA) is 58.2 Å². The molecule has 2 amide bonds. The summed E-state index contributed by atoms with van der Waals surface area (Å²) < 4.78 is 26.8. The smallest absolute Gasteiger partial charge is 0.251 e. The van der Waals surface area contributed by atoms with Gasteiger partial charge in [-0.1, -0.05) is 48.5 Å². The molecule has 0 radical (unpaired) electrons. The van der Waals surface area contributed by atoms with Gasteiger partial charge in [-0.15, -0.1) is 0 Å². The zero-order valence-corrected chi connectivity index (χ0v) is 14.9. The number of hydrogen-bond acceptors (Lipinski definition) is 2. The first kappa shape index (κ1) is 19.2. The number of carbonyl (C=O) groups is 2. The Labute approximate surface area is 161 Å². The third-order valence-corrected chi connectivity index (χ3v) is 4.14. The fourth-order valence-corrected chi connectivity index (χ4v) is 2.75. The molecule has 3 rings (SSSR count). The van der Waals surface area contributed by atoms with Crippen LogP contribution in [-0.2, 0) is 4.79 Å². The molecule has 0 unspecified atom stereocenters. The van der Waals surface area contributed by atoms with Gasteiger partial charge < -0.3 is 10.6 Å². The van der Waals surface area contributed by atoms with Crippen molar-refractivity contribution in [3.05, 3.63) is 102 Å². The summed E-state index contributed by atoms with van der Waals surface area (Å²) in [7, 11) is 0. The van der Waals surface area contributed by atoms with Gasteiger partial charge in [-0.25, -0.2) is 8.78 Å². The predicted octanol–water partition coefficient (Wildman–Crippen LogP) is 4.46. The summed E-state index contributed by atoms with van der Waals surface area (Å²) in [6, 6.07) is 20.0. The van der Waals surface area contributed by atoms with Gasteiger partial charge in [-0.2, -0.15) is 0 Å². The number of halogens is 2. The highest BCUT2D eigenvalue weighted by atomic mass is 19.1. The molecule has 0 aromatic heterocycles. The zero-order valence-electron chi connectivity index (χ0n) is 14.9. The van der Waals surface area contributed by atoms with Crippen molar-refractivity contribution in [3.63, 3.8) is 0 Å². The van der Waals surface area contributed by atoms with Gasteiger partial charge in [-0.05, 0) is 29.8 Å². The van der Waals surface area contributed by atoms with Crippen molar-refractivity contribution in [2.75, 3.05) is 5.32 Å². The van der Waals surface area contributed by atoms with E-state index >= 15 is 0 Å². The van der Waals surface area contributed by atoms with E-state index in [0.717, 1.165) is 17.7 Å². The average molecular weight is 380 g/mol. The lowest BCUT2D eigenvalue weighted by Gasteiger charge is -2.19. The van der Waals surface area contributed by atoms with Crippen molar-refractivity contribution in [2.24, 2.45) is 0 Å². The van der Waals surface area contributed by atoms with Gasteiger partial charge in [0.25, 0.3) is 5.91 Å². The van der Waals surface area contributed by atoms with Crippen LogP contribution in [0.3, 0.4) is 0 Å². The Bertz CT molecular complexity index is 963. The highest BCUT2D eigenvalue weighted by Gasteiger charge is 2.20. The molecule has 0 heterocycles. The Hall–Kier alpha value is -3.54. The van der Waals surface area contributed by atoms with E-state index in [9.17, 15) is 18.4 Å². The predicted molar refractivity (Wildman–Crippen MR) is 103 cm³/mol. The van der Waals surface area contributed by atoms with E-state index in [4.69, 9.17) is 0 Å². The van der Waals surface area contributed by atoms with Gasteiger partial charge in [0, 0.05) is 11.6 Å². The molecule has 0 bridgehead atoms. The first-order valence-electron chi connectivity index (χ1n) is 8.68. The van der Waals surface area contributed by atoms with Crippen LogP contribution in [0.2, 0.25) is 0 Å². The highest BCUT2D eigenvalue weighted by molar-refractivity contribution is 5.95. The van der Waals surface area contributed by atoms with Crippen LogP contribution >= 0.6 is 0 Å². The minimum Gasteiger partial charge on any atom is -0.345 e. The molecule has 0 aliphatic heterocycles. The van der Waals surface area contributed by atoms with Crippen molar-refractivity contribution < 1.29 is 18.4 Å². The molecular formula is C22H18F2N2O2. The summed E-state index contributed by atoms with van der Waals surface area (Å²) in [4.78, 5) is 24.9. The lowest BCUT2D eigenvalue weighted by molar-refractivity contribution is -0.116. The monoisotopic (exact) mass is 380 g/mol. The fraction of sp³-hybridized carbons (Fsp3) is 0.0909. The first-order chi connectivity index (χ1) is 13.5. The number of rotatable bonds is 6. The second-order valence-electron chi connectivity index (χ2n) is 6.18. The van der Waals surface area contributed by atoms with Crippen LogP contribution in [0.15, 0.2) is 78.9 Å². The maximum Gasteiger partial charge on any atom is 0.251 e. The fourth-order valence-electron chi connectivity index (χ4n) is 2.75. The summed E-state index contributed by atoms with van der Waals surface area (Å²) in [6.45, 7) is 0. The second-order valence-corrected chi connectivity index (χ2v) is 6.18. The number of carbonyl (C=O) groups excluding carboxylic acids is 2. The molecule has 28 heavy (non-hydrogen) atoms. The molecule has 4 nitrogen and oxygen atoms in total. The van der Waals surface area contributed by atoms with E-state index in [-0.39, 0.29) is 18.0 Å². The molecule has 0 fully saturated rings.